The van der Waals surface area contributed by atoms with Gasteiger partial charge in [-0.3, -0.25) is 20.9 Å². The van der Waals surface area contributed by atoms with Crippen molar-refractivity contribution >= 4 is 11.4 Å². The maximum Gasteiger partial charge on any atom is 0.293 e. The molecule has 0 aliphatic heterocycles. The lowest BCUT2D eigenvalue weighted by Crippen LogP contribution is -2.26. The Labute approximate surface area is 105 Å². The molecule has 0 aromatic heterocycles. The summed E-state index contributed by atoms with van der Waals surface area (Å²) in [6.07, 6.45) is 0. The van der Waals surface area contributed by atoms with Crippen LogP contribution in [-0.2, 0) is 6.54 Å². The zero-order valence-corrected chi connectivity index (χ0v) is 10.3. The van der Waals surface area contributed by atoms with Crippen molar-refractivity contribution in [1.29, 1.82) is 0 Å². The molecule has 7 nitrogen and oxygen atoms in total. The van der Waals surface area contributed by atoms with Gasteiger partial charge >= 0.3 is 0 Å². The molecular formula is C11H18N4O3. The number of nitrogens with one attached hydrogen (secondary N) is 1. The molecule has 100 valence electrons. The van der Waals surface area contributed by atoms with E-state index in [4.69, 9.17) is 10.9 Å². The summed E-state index contributed by atoms with van der Waals surface area (Å²) in [5.74, 6) is 5.22. The molecule has 0 fully saturated rings. The van der Waals surface area contributed by atoms with Crippen molar-refractivity contribution in [3.05, 3.63) is 33.9 Å². The Hall–Kier alpha value is -1.70. The SMILES string of the molecule is CCN(CCO)Cc1ccc(NN)c([N+](=O)[O-])c1. The Morgan fingerprint density at radius 2 is 2.28 bits per heavy atom. The van der Waals surface area contributed by atoms with Crippen molar-refractivity contribution < 1.29 is 10.0 Å². The number of nitrogens with zero attached hydrogens (tertiary/aromatic N) is 2. The Balaban J connectivity index is 2.90. The molecule has 0 amide bonds. The van der Waals surface area contributed by atoms with Crippen LogP contribution in [0.5, 0.6) is 0 Å². The number of hydrazine groups is 1. The molecule has 0 saturated heterocycles. The Morgan fingerprint density at radius 1 is 1.56 bits per heavy atom. The number of rotatable bonds is 7. The normalized spacial score (nSPS) is 10.7. The van der Waals surface area contributed by atoms with Crippen LogP contribution in [-0.4, -0.2) is 34.6 Å². The van der Waals surface area contributed by atoms with Crippen molar-refractivity contribution in [2.24, 2.45) is 5.84 Å². The highest BCUT2D eigenvalue weighted by Gasteiger charge is 2.14. The van der Waals surface area contributed by atoms with E-state index in [-0.39, 0.29) is 18.0 Å². The number of hydrogen-bond donors (Lipinski definition) is 3. The molecule has 0 radical (unpaired) electrons. The highest BCUT2D eigenvalue weighted by molar-refractivity contribution is 5.61. The summed E-state index contributed by atoms with van der Waals surface area (Å²) in [7, 11) is 0. The van der Waals surface area contributed by atoms with Gasteiger partial charge in [-0.15, -0.1) is 0 Å². The van der Waals surface area contributed by atoms with E-state index in [1.54, 1.807) is 12.1 Å². The minimum atomic E-state index is -0.471. The summed E-state index contributed by atoms with van der Waals surface area (Å²) in [6.45, 7) is 3.91. The molecule has 0 atom stereocenters. The number of aliphatic hydroxyl groups is 1. The molecular weight excluding hydrogens is 236 g/mol. The van der Waals surface area contributed by atoms with Crippen LogP contribution in [0, 0.1) is 10.1 Å². The van der Waals surface area contributed by atoms with Crippen LogP contribution in [0.4, 0.5) is 11.4 Å². The number of aliphatic hydroxyl groups excluding tert-OH is 1. The van der Waals surface area contributed by atoms with Crippen molar-refractivity contribution in [3.63, 3.8) is 0 Å². The number of nitro benzene ring substituents is 1. The van der Waals surface area contributed by atoms with E-state index in [1.807, 2.05) is 11.8 Å². The molecule has 0 bridgehead atoms. The van der Waals surface area contributed by atoms with E-state index in [2.05, 4.69) is 5.43 Å². The van der Waals surface area contributed by atoms with Gasteiger partial charge in [0.05, 0.1) is 11.5 Å². The quantitative estimate of drug-likeness (QED) is 0.376. The second-order valence-electron chi connectivity index (χ2n) is 3.85. The molecule has 0 spiro atoms. The first kappa shape index (κ1) is 14.4. The maximum absolute atomic E-state index is 10.9. The fraction of sp³-hybridized carbons (Fsp3) is 0.455. The van der Waals surface area contributed by atoms with Crippen LogP contribution in [0.15, 0.2) is 18.2 Å². The molecule has 18 heavy (non-hydrogen) atoms. The number of anilines is 1. The van der Waals surface area contributed by atoms with Gasteiger partial charge in [-0.2, -0.15) is 0 Å². The first-order valence-electron chi connectivity index (χ1n) is 5.69. The number of nitrogens with two attached hydrogens (primary N) is 1. The van der Waals surface area contributed by atoms with Gasteiger partial charge in [0.2, 0.25) is 0 Å². The molecule has 0 aliphatic carbocycles. The first-order valence-corrected chi connectivity index (χ1v) is 5.69. The topological polar surface area (TPSA) is 105 Å². The maximum atomic E-state index is 10.9. The number of likely N-dealkylation sites (N-methyl/N-ethyl adjacent to an activating group) is 1. The highest BCUT2D eigenvalue weighted by Crippen LogP contribution is 2.25. The Kier molecular flexibility index (Phi) is 5.50. The minimum absolute atomic E-state index is 0.0462. The molecule has 1 rings (SSSR count). The van der Waals surface area contributed by atoms with Crippen LogP contribution in [0.2, 0.25) is 0 Å². The zero-order chi connectivity index (χ0) is 13.5. The monoisotopic (exact) mass is 254 g/mol. The molecule has 1 aromatic carbocycles. The van der Waals surface area contributed by atoms with E-state index >= 15 is 0 Å². The van der Waals surface area contributed by atoms with Crippen molar-refractivity contribution in [3.8, 4) is 0 Å². The lowest BCUT2D eigenvalue weighted by Gasteiger charge is -2.19. The van der Waals surface area contributed by atoms with E-state index in [0.717, 1.165) is 12.1 Å². The van der Waals surface area contributed by atoms with Gasteiger partial charge in [0, 0.05) is 19.2 Å². The lowest BCUT2D eigenvalue weighted by molar-refractivity contribution is -0.384. The van der Waals surface area contributed by atoms with Gasteiger partial charge in [-0.25, -0.2) is 0 Å². The number of benzene rings is 1. The fourth-order valence-electron chi connectivity index (χ4n) is 1.70. The predicted molar refractivity (Wildman–Crippen MR) is 68.9 cm³/mol. The third kappa shape index (κ3) is 3.66. The minimum Gasteiger partial charge on any atom is -0.395 e. The second-order valence-corrected chi connectivity index (χ2v) is 3.85. The van der Waals surface area contributed by atoms with Gasteiger partial charge in [0.1, 0.15) is 5.69 Å². The molecule has 0 aliphatic rings. The van der Waals surface area contributed by atoms with Gasteiger partial charge in [-0.05, 0) is 18.2 Å². The second kappa shape index (κ2) is 6.90. The Bertz CT molecular complexity index is 411. The number of nitro groups is 1. The summed E-state index contributed by atoms with van der Waals surface area (Å²) in [5, 5.41) is 19.8. The third-order valence-electron chi connectivity index (χ3n) is 2.68. The van der Waals surface area contributed by atoms with Crippen molar-refractivity contribution in [2.45, 2.75) is 13.5 Å². The molecule has 0 unspecified atom stereocenters. The van der Waals surface area contributed by atoms with Crippen molar-refractivity contribution in [2.75, 3.05) is 25.1 Å². The van der Waals surface area contributed by atoms with Gasteiger partial charge in [-0.1, -0.05) is 13.0 Å². The third-order valence-corrected chi connectivity index (χ3v) is 2.68. The lowest BCUT2D eigenvalue weighted by atomic mass is 10.1. The van der Waals surface area contributed by atoms with E-state index in [9.17, 15) is 10.1 Å². The first-order chi connectivity index (χ1) is 8.62. The zero-order valence-electron chi connectivity index (χ0n) is 10.3. The standard InChI is InChI=1S/C11H18N4O3/c1-2-14(5-6-16)8-9-3-4-10(13-12)11(7-9)15(17)18/h3-4,7,13,16H,2,5-6,8,12H2,1H3. The van der Waals surface area contributed by atoms with E-state index < -0.39 is 4.92 Å². The number of nitrogen functional groups attached to an aromatic ring is 1. The van der Waals surface area contributed by atoms with Crippen LogP contribution in [0.3, 0.4) is 0 Å². The summed E-state index contributed by atoms with van der Waals surface area (Å²) < 4.78 is 0. The molecule has 1 aromatic rings. The van der Waals surface area contributed by atoms with Crippen molar-refractivity contribution in [1.82, 2.24) is 4.90 Å². The molecule has 0 saturated carbocycles. The molecule has 7 heteroatoms. The summed E-state index contributed by atoms with van der Waals surface area (Å²) in [4.78, 5) is 12.4. The highest BCUT2D eigenvalue weighted by atomic mass is 16.6. The van der Waals surface area contributed by atoms with E-state index in [1.165, 1.54) is 6.07 Å². The Morgan fingerprint density at radius 3 is 2.78 bits per heavy atom. The van der Waals surface area contributed by atoms with Crippen LogP contribution < -0.4 is 11.3 Å². The summed E-state index contributed by atoms with van der Waals surface area (Å²) >= 11 is 0. The number of hydrogen-bond acceptors (Lipinski definition) is 6. The summed E-state index contributed by atoms with van der Waals surface area (Å²) in [5.41, 5.74) is 3.36. The van der Waals surface area contributed by atoms with Gasteiger partial charge < -0.3 is 10.5 Å². The average Bonchev–Trinajstić information content (AvgIpc) is 2.38. The fourth-order valence-corrected chi connectivity index (χ4v) is 1.70. The smallest absolute Gasteiger partial charge is 0.293 e. The molecule has 0 heterocycles. The largest absolute Gasteiger partial charge is 0.395 e. The van der Waals surface area contributed by atoms with Gasteiger partial charge in [0.15, 0.2) is 0 Å². The van der Waals surface area contributed by atoms with E-state index in [0.29, 0.717) is 13.1 Å². The van der Waals surface area contributed by atoms with Crippen LogP contribution in [0.1, 0.15) is 12.5 Å². The predicted octanol–water partition coefficient (Wildman–Crippen LogP) is 0.695. The average molecular weight is 254 g/mol. The summed E-state index contributed by atoms with van der Waals surface area (Å²) in [6, 6.07) is 4.86. The molecule has 4 N–H and O–H groups in total. The van der Waals surface area contributed by atoms with Crippen LogP contribution >= 0.6 is 0 Å². The van der Waals surface area contributed by atoms with Crippen LogP contribution in [0.25, 0.3) is 0 Å². The van der Waals surface area contributed by atoms with Gasteiger partial charge in [0.25, 0.3) is 5.69 Å².